The molecule has 0 amide bonds. The minimum Gasteiger partial charge on any atom is -0.504 e. The molecule has 6 nitrogen and oxygen atoms in total. The highest BCUT2D eigenvalue weighted by Gasteiger charge is 2.25. The van der Waals surface area contributed by atoms with Crippen molar-refractivity contribution in [2.45, 2.75) is 0 Å². The smallest absolute Gasteiger partial charge is 0.237 e. The first-order chi connectivity index (χ1) is 9.68. The number of nitrogens with zero attached hydrogens (tertiary/aromatic N) is 3. The van der Waals surface area contributed by atoms with Crippen LogP contribution in [-0.4, -0.2) is 30.0 Å². The third-order valence-electron chi connectivity index (χ3n) is 2.33. The molecule has 112 valence electrons. The van der Waals surface area contributed by atoms with Gasteiger partial charge in [0.25, 0.3) is 0 Å². The van der Waals surface area contributed by atoms with Gasteiger partial charge in [0.1, 0.15) is 3.70 Å². The Morgan fingerprint density at radius 3 is 2.19 bits per heavy atom. The van der Waals surface area contributed by atoms with Crippen LogP contribution in [0, 0.1) is 3.70 Å². The highest BCUT2D eigenvalue weighted by atomic mass is 127. The van der Waals surface area contributed by atoms with E-state index < -0.39 is 10.0 Å². The number of aromatic nitrogens is 2. The minimum absolute atomic E-state index is 0.154. The van der Waals surface area contributed by atoms with Crippen molar-refractivity contribution < 1.29 is 13.5 Å². The first-order valence-corrected chi connectivity index (χ1v) is 9.05. The number of aromatic hydroxyl groups is 1. The molecule has 0 aliphatic heterocycles. The van der Waals surface area contributed by atoms with E-state index in [1.54, 1.807) is 0 Å². The van der Waals surface area contributed by atoms with E-state index >= 15 is 0 Å². The topological polar surface area (TPSA) is 83.4 Å². The van der Waals surface area contributed by atoms with Crippen LogP contribution in [0.1, 0.15) is 0 Å². The highest BCUT2D eigenvalue weighted by Crippen LogP contribution is 2.36. The second kappa shape index (κ2) is 6.11. The van der Waals surface area contributed by atoms with Crippen LogP contribution in [0.5, 0.6) is 5.75 Å². The van der Waals surface area contributed by atoms with Gasteiger partial charge in [0.15, 0.2) is 5.75 Å². The largest absolute Gasteiger partial charge is 0.504 e. The fraction of sp³-hybridized carbons (Fsp3) is 0.0909. The molecule has 0 fully saturated rings. The lowest BCUT2D eigenvalue weighted by atomic mass is 10.3. The lowest BCUT2D eigenvalue weighted by Crippen LogP contribution is -2.26. The average Bonchev–Trinajstić information content (AvgIpc) is 2.29. The predicted molar refractivity (Wildman–Crippen MR) is 89.9 cm³/mol. The molecule has 0 radical (unpaired) electrons. The van der Waals surface area contributed by atoms with Gasteiger partial charge in [-0.15, -0.1) is 10.2 Å². The molecule has 1 aromatic heterocycles. The molecular weight excluding hydrogens is 452 g/mol. The molecule has 1 heterocycles. The van der Waals surface area contributed by atoms with Crippen molar-refractivity contribution >= 4 is 67.3 Å². The Morgan fingerprint density at radius 1 is 1.14 bits per heavy atom. The highest BCUT2D eigenvalue weighted by molar-refractivity contribution is 14.1. The minimum atomic E-state index is -3.79. The quantitative estimate of drug-likeness (QED) is 0.712. The van der Waals surface area contributed by atoms with Crippen LogP contribution in [0.4, 0.5) is 11.5 Å². The van der Waals surface area contributed by atoms with Crippen LogP contribution in [-0.2, 0) is 10.0 Å². The molecule has 0 aliphatic rings. The van der Waals surface area contributed by atoms with E-state index in [4.69, 9.17) is 23.2 Å². The molecular formula is C11H8Cl2IN3O3S. The Hall–Kier alpha value is -0.840. The van der Waals surface area contributed by atoms with Crippen molar-refractivity contribution in [2.75, 3.05) is 10.6 Å². The number of hydrogen-bond donors (Lipinski definition) is 1. The molecule has 0 saturated carbocycles. The Balaban J connectivity index is 2.70. The van der Waals surface area contributed by atoms with Gasteiger partial charge in [0.05, 0.1) is 11.9 Å². The van der Waals surface area contributed by atoms with Gasteiger partial charge < -0.3 is 5.11 Å². The summed E-state index contributed by atoms with van der Waals surface area (Å²) in [5.41, 5.74) is 0.154. The molecule has 1 aromatic carbocycles. The van der Waals surface area contributed by atoms with Gasteiger partial charge in [-0.2, -0.15) is 0 Å². The first kappa shape index (κ1) is 16.5. The van der Waals surface area contributed by atoms with Crippen LogP contribution in [0.15, 0.2) is 24.3 Å². The van der Waals surface area contributed by atoms with Gasteiger partial charge in [-0.3, -0.25) is 0 Å². The Kier molecular flexibility index (Phi) is 4.81. The standard InChI is InChI=1S/C11H8Cl2IN3O3S/c1-21(19,20)17(8-3-6(12)2-7(13)4-8)11-9(18)5-10(14)15-16-11/h2-5H,1H3,(H,15,18). The van der Waals surface area contributed by atoms with Crippen molar-refractivity contribution in [3.63, 3.8) is 0 Å². The number of halogens is 3. The molecule has 1 N–H and O–H groups in total. The lowest BCUT2D eigenvalue weighted by molar-refractivity contribution is 0.471. The van der Waals surface area contributed by atoms with Crippen molar-refractivity contribution in [3.05, 3.63) is 38.0 Å². The molecule has 21 heavy (non-hydrogen) atoms. The van der Waals surface area contributed by atoms with Crippen molar-refractivity contribution in [3.8, 4) is 5.75 Å². The van der Waals surface area contributed by atoms with Gasteiger partial charge in [0, 0.05) is 16.1 Å². The van der Waals surface area contributed by atoms with E-state index in [1.807, 2.05) is 22.6 Å². The monoisotopic (exact) mass is 459 g/mol. The van der Waals surface area contributed by atoms with Gasteiger partial charge in [-0.05, 0) is 40.8 Å². The summed E-state index contributed by atoms with van der Waals surface area (Å²) in [5, 5.41) is 17.9. The Morgan fingerprint density at radius 2 is 1.71 bits per heavy atom. The fourth-order valence-electron chi connectivity index (χ4n) is 1.62. The molecule has 0 unspecified atom stereocenters. The van der Waals surface area contributed by atoms with Gasteiger partial charge >= 0.3 is 0 Å². The fourth-order valence-corrected chi connectivity index (χ4v) is 3.47. The SMILES string of the molecule is CS(=O)(=O)N(c1cc(Cl)cc(Cl)c1)c1nnc(I)cc1O. The van der Waals surface area contributed by atoms with Gasteiger partial charge in [-0.25, -0.2) is 12.7 Å². The van der Waals surface area contributed by atoms with Crippen LogP contribution in [0.25, 0.3) is 0 Å². The van der Waals surface area contributed by atoms with E-state index in [2.05, 4.69) is 10.2 Å². The normalized spacial score (nSPS) is 11.4. The first-order valence-electron chi connectivity index (χ1n) is 5.37. The predicted octanol–water partition coefficient (Wildman–Crippen LogP) is 3.19. The molecule has 0 aliphatic carbocycles. The molecule has 0 spiro atoms. The number of anilines is 2. The van der Waals surface area contributed by atoms with E-state index in [1.165, 1.54) is 24.3 Å². The molecule has 0 atom stereocenters. The second-order valence-corrected chi connectivity index (χ2v) is 7.84. The number of sulfonamides is 1. The van der Waals surface area contributed by atoms with Crippen LogP contribution in [0.3, 0.4) is 0 Å². The molecule has 2 aromatic rings. The maximum Gasteiger partial charge on any atom is 0.237 e. The van der Waals surface area contributed by atoms with Crippen LogP contribution in [0.2, 0.25) is 10.0 Å². The van der Waals surface area contributed by atoms with Crippen LogP contribution >= 0.6 is 45.8 Å². The summed E-state index contributed by atoms with van der Waals surface area (Å²) in [6, 6.07) is 5.56. The van der Waals surface area contributed by atoms with Crippen LogP contribution < -0.4 is 4.31 Å². The zero-order valence-electron chi connectivity index (χ0n) is 10.5. The third kappa shape index (κ3) is 3.87. The Labute approximate surface area is 144 Å². The summed E-state index contributed by atoms with van der Waals surface area (Å²) >= 11 is 13.6. The number of hydrogen-bond acceptors (Lipinski definition) is 5. The van der Waals surface area contributed by atoms with E-state index in [-0.39, 0.29) is 27.3 Å². The molecule has 2 rings (SSSR count). The molecule has 10 heteroatoms. The van der Waals surface area contributed by atoms with Crippen molar-refractivity contribution in [1.82, 2.24) is 10.2 Å². The van der Waals surface area contributed by atoms with Crippen molar-refractivity contribution in [2.24, 2.45) is 0 Å². The van der Waals surface area contributed by atoms with E-state index in [9.17, 15) is 13.5 Å². The third-order valence-corrected chi connectivity index (χ3v) is 4.34. The van der Waals surface area contributed by atoms with Gasteiger partial charge in [-0.1, -0.05) is 23.2 Å². The summed E-state index contributed by atoms with van der Waals surface area (Å²) in [4.78, 5) is 0. The Bertz CT molecular complexity index is 781. The summed E-state index contributed by atoms with van der Waals surface area (Å²) in [7, 11) is -3.79. The number of benzene rings is 1. The summed E-state index contributed by atoms with van der Waals surface area (Å²) in [5.74, 6) is -0.549. The summed E-state index contributed by atoms with van der Waals surface area (Å²) in [6.45, 7) is 0. The average molecular weight is 460 g/mol. The summed E-state index contributed by atoms with van der Waals surface area (Å²) in [6.07, 6.45) is 0.973. The summed E-state index contributed by atoms with van der Waals surface area (Å²) < 4.78 is 25.3. The lowest BCUT2D eigenvalue weighted by Gasteiger charge is -2.22. The maximum absolute atomic E-state index is 12.1. The zero-order valence-corrected chi connectivity index (χ0v) is 14.9. The second-order valence-electron chi connectivity index (χ2n) is 4.03. The van der Waals surface area contributed by atoms with E-state index in [0.717, 1.165) is 10.6 Å². The molecule has 0 saturated heterocycles. The van der Waals surface area contributed by atoms with Gasteiger partial charge in [0.2, 0.25) is 15.8 Å². The zero-order chi connectivity index (χ0) is 15.8. The molecule has 0 bridgehead atoms. The maximum atomic E-state index is 12.1. The number of rotatable bonds is 3. The van der Waals surface area contributed by atoms with Crippen molar-refractivity contribution in [1.29, 1.82) is 0 Å². The van der Waals surface area contributed by atoms with E-state index in [0.29, 0.717) is 3.70 Å².